The second-order valence-electron chi connectivity index (χ2n) is 3.60. The highest BCUT2D eigenvalue weighted by Gasteiger charge is 2.14. The van der Waals surface area contributed by atoms with Gasteiger partial charge in [-0.3, -0.25) is 0 Å². The van der Waals surface area contributed by atoms with Crippen LogP contribution in [0.15, 0.2) is 29.9 Å². The van der Waals surface area contributed by atoms with Crippen molar-refractivity contribution in [2.24, 2.45) is 0 Å². The Morgan fingerprint density at radius 1 is 1.44 bits per heavy atom. The summed E-state index contributed by atoms with van der Waals surface area (Å²) in [5.74, 6) is 1.34. The van der Waals surface area contributed by atoms with E-state index in [2.05, 4.69) is 39.3 Å². The topological polar surface area (TPSA) is 55.0 Å². The van der Waals surface area contributed by atoms with Crippen molar-refractivity contribution >= 4 is 23.0 Å². The van der Waals surface area contributed by atoms with E-state index in [0.29, 0.717) is 5.82 Å². The summed E-state index contributed by atoms with van der Waals surface area (Å²) in [7, 11) is 2.01. The summed E-state index contributed by atoms with van der Waals surface area (Å²) in [4.78, 5) is 11.5. The summed E-state index contributed by atoms with van der Waals surface area (Å²) in [5, 5.41) is 2.08. The molecule has 2 heterocycles. The van der Waals surface area contributed by atoms with E-state index >= 15 is 0 Å². The van der Waals surface area contributed by atoms with Gasteiger partial charge in [0, 0.05) is 18.0 Å². The van der Waals surface area contributed by atoms with Gasteiger partial charge in [-0.05, 0) is 18.4 Å². The second kappa shape index (κ2) is 4.49. The Hall–Kier alpha value is -1.62. The quantitative estimate of drug-likeness (QED) is 0.885. The van der Waals surface area contributed by atoms with Crippen molar-refractivity contribution in [1.82, 2.24) is 9.97 Å². The lowest BCUT2D eigenvalue weighted by Gasteiger charge is -2.24. The third-order valence-electron chi connectivity index (χ3n) is 2.57. The van der Waals surface area contributed by atoms with E-state index in [1.54, 1.807) is 17.4 Å². The maximum absolute atomic E-state index is 5.64. The molecule has 0 fully saturated rings. The van der Waals surface area contributed by atoms with Crippen LogP contribution in [0.2, 0.25) is 0 Å². The molecule has 0 spiro atoms. The average molecular weight is 234 g/mol. The molecule has 0 saturated heterocycles. The van der Waals surface area contributed by atoms with Gasteiger partial charge in [0.2, 0.25) is 0 Å². The van der Waals surface area contributed by atoms with Crippen molar-refractivity contribution in [2.45, 2.75) is 13.0 Å². The molecule has 5 heteroatoms. The minimum Gasteiger partial charge on any atom is -0.384 e. The Balaban J connectivity index is 2.22. The molecular weight excluding hydrogens is 220 g/mol. The second-order valence-corrected chi connectivity index (χ2v) is 4.58. The molecule has 2 aromatic rings. The minimum absolute atomic E-state index is 0.286. The van der Waals surface area contributed by atoms with Crippen molar-refractivity contribution in [3.63, 3.8) is 0 Å². The molecule has 1 atom stereocenters. The first-order valence-corrected chi connectivity index (χ1v) is 5.90. The predicted octanol–water partition coefficient (Wildman–Crippen LogP) is 2.32. The largest absolute Gasteiger partial charge is 0.384 e. The van der Waals surface area contributed by atoms with Gasteiger partial charge in [0.25, 0.3) is 0 Å². The maximum atomic E-state index is 5.64. The van der Waals surface area contributed by atoms with Crippen molar-refractivity contribution in [1.29, 1.82) is 0 Å². The summed E-state index contributed by atoms with van der Waals surface area (Å²) in [5.41, 5.74) is 5.64. The highest BCUT2D eigenvalue weighted by molar-refractivity contribution is 7.10. The molecule has 2 rings (SSSR count). The lowest BCUT2D eigenvalue weighted by atomic mass is 10.2. The lowest BCUT2D eigenvalue weighted by molar-refractivity contribution is 0.740. The van der Waals surface area contributed by atoms with Gasteiger partial charge in [0.05, 0.1) is 6.04 Å². The normalized spacial score (nSPS) is 12.4. The van der Waals surface area contributed by atoms with Crippen LogP contribution in [-0.2, 0) is 0 Å². The summed E-state index contributed by atoms with van der Waals surface area (Å²) < 4.78 is 0. The monoisotopic (exact) mass is 234 g/mol. The van der Waals surface area contributed by atoms with Crippen LogP contribution >= 0.6 is 11.3 Å². The summed E-state index contributed by atoms with van der Waals surface area (Å²) in [6.07, 6.45) is 1.49. The summed E-state index contributed by atoms with van der Waals surface area (Å²) in [6, 6.07) is 6.24. The minimum atomic E-state index is 0.286. The molecule has 2 N–H and O–H groups in total. The van der Waals surface area contributed by atoms with E-state index in [-0.39, 0.29) is 6.04 Å². The van der Waals surface area contributed by atoms with Crippen LogP contribution < -0.4 is 10.6 Å². The smallest absolute Gasteiger partial charge is 0.134 e. The number of thiophene rings is 1. The molecular formula is C11H14N4S. The molecule has 16 heavy (non-hydrogen) atoms. The number of rotatable bonds is 3. The van der Waals surface area contributed by atoms with Crippen molar-refractivity contribution in [3.8, 4) is 0 Å². The number of anilines is 2. The highest BCUT2D eigenvalue weighted by atomic mass is 32.1. The molecule has 0 aliphatic carbocycles. The molecule has 0 amide bonds. The molecule has 0 saturated carbocycles. The van der Waals surface area contributed by atoms with Gasteiger partial charge in [-0.1, -0.05) is 6.07 Å². The predicted molar refractivity (Wildman–Crippen MR) is 67.6 cm³/mol. The van der Waals surface area contributed by atoms with Crippen LogP contribution in [0.1, 0.15) is 17.8 Å². The van der Waals surface area contributed by atoms with E-state index in [4.69, 9.17) is 5.73 Å². The third-order valence-corrected chi connectivity index (χ3v) is 3.61. The Bertz CT molecular complexity index is 455. The first kappa shape index (κ1) is 10.9. The Kier molecular flexibility index (Phi) is 3.05. The molecule has 0 aromatic carbocycles. The van der Waals surface area contributed by atoms with Gasteiger partial charge in [0.1, 0.15) is 18.0 Å². The number of hydrogen-bond acceptors (Lipinski definition) is 5. The first-order valence-electron chi connectivity index (χ1n) is 5.02. The number of nitrogen functional groups attached to an aromatic ring is 1. The molecule has 1 unspecified atom stereocenters. The fourth-order valence-electron chi connectivity index (χ4n) is 1.47. The lowest BCUT2D eigenvalue weighted by Crippen LogP contribution is -2.22. The number of hydrogen-bond donors (Lipinski definition) is 1. The Labute approximate surface area is 98.8 Å². The molecule has 84 valence electrons. The van der Waals surface area contributed by atoms with Gasteiger partial charge in [-0.25, -0.2) is 9.97 Å². The zero-order valence-corrected chi connectivity index (χ0v) is 10.1. The van der Waals surface area contributed by atoms with Gasteiger partial charge in [0.15, 0.2) is 0 Å². The standard InChI is InChI=1S/C11H14N4S/c1-8(9-4-3-5-16-9)15(2)11-6-10(12)13-7-14-11/h3-8H,1-2H3,(H2,12,13,14). The number of aromatic nitrogens is 2. The van der Waals surface area contributed by atoms with Gasteiger partial charge < -0.3 is 10.6 Å². The SMILES string of the molecule is CC(c1cccs1)N(C)c1cc(N)ncn1. The van der Waals surface area contributed by atoms with Crippen molar-refractivity contribution in [3.05, 3.63) is 34.8 Å². The third kappa shape index (κ3) is 2.14. The van der Waals surface area contributed by atoms with Gasteiger partial charge >= 0.3 is 0 Å². The van der Waals surface area contributed by atoms with E-state index in [0.717, 1.165) is 5.82 Å². The molecule has 0 radical (unpaired) electrons. The van der Waals surface area contributed by atoms with E-state index in [9.17, 15) is 0 Å². The molecule has 0 aliphatic rings. The highest BCUT2D eigenvalue weighted by Crippen LogP contribution is 2.26. The van der Waals surface area contributed by atoms with Gasteiger partial charge in [-0.15, -0.1) is 11.3 Å². The zero-order valence-electron chi connectivity index (χ0n) is 9.29. The average Bonchev–Trinajstić information content (AvgIpc) is 2.80. The van der Waals surface area contributed by atoms with E-state index < -0.39 is 0 Å². The summed E-state index contributed by atoms with van der Waals surface area (Å²) >= 11 is 1.74. The van der Waals surface area contributed by atoms with Crippen molar-refractivity contribution < 1.29 is 0 Å². The molecule has 4 nitrogen and oxygen atoms in total. The number of nitrogens with two attached hydrogens (primary N) is 1. The van der Waals surface area contributed by atoms with Gasteiger partial charge in [-0.2, -0.15) is 0 Å². The van der Waals surface area contributed by atoms with E-state index in [1.165, 1.54) is 11.2 Å². The fourth-order valence-corrected chi connectivity index (χ4v) is 2.30. The number of nitrogens with zero attached hydrogens (tertiary/aromatic N) is 3. The van der Waals surface area contributed by atoms with Crippen LogP contribution in [0.25, 0.3) is 0 Å². The van der Waals surface area contributed by atoms with Crippen LogP contribution in [0.5, 0.6) is 0 Å². The van der Waals surface area contributed by atoms with Crippen LogP contribution in [-0.4, -0.2) is 17.0 Å². The van der Waals surface area contributed by atoms with Crippen LogP contribution in [0.3, 0.4) is 0 Å². The molecule has 2 aromatic heterocycles. The van der Waals surface area contributed by atoms with Crippen LogP contribution in [0.4, 0.5) is 11.6 Å². The van der Waals surface area contributed by atoms with E-state index in [1.807, 2.05) is 7.05 Å². The Morgan fingerprint density at radius 3 is 2.88 bits per heavy atom. The molecule has 0 bridgehead atoms. The Morgan fingerprint density at radius 2 is 2.25 bits per heavy atom. The summed E-state index contributed by atoms with van der Waals surface area (Å²) in [6.45, 7) is 2.14. The van der Waals surface area contributed by atoms with Crippen LogP contribution in [0, 0.1) is 0 Å². The first-order chi connectivity index (χ1) is 7.68. The zero-order chi connectivity index (χ0) is 11.5. The molecule has 0 aliphatic heterocycles. The fraction of sp³-hybridized carbons (Fsp3) is 0.273. The maximum Gasteiger partial charge on any atom is 0.134 e. The van der Waals surface area contributed by atoms with Crippen molar-refractivity contribution in [2.75, 3.05) is 17.7 Å².